The van der Waals surface area contributed by atoms with Crippen LogP contribution in [0.3, 0.4) is 0 Å². The van der Waals surface area contributed by atoms with Gasteiger partial charge in [0.25, 0.3) is 0 Å². The summed E-state index contributed by atoms with van der Waals surface area (Å²) < 4.78 is 5.56. The standard InChI is InChI=1S/C22H26ClN3O2/c1-4-28-19-11-12-21(23)20(15-19)17-8-5-16(6-9-17)7-10-18(13-14-27)25-22(24)26(2)3/h5-6,8-9,11-15H,4,7,10H2,1-3H3,(H2,24,25)/b18-13-. The van der Waals surface area contributed by atoms with Crippen molar-refractivity contribution in [3.05, 3.63) is 64.8 Å². The molecule has 0 aromatic heterocycles. The van der Waals surface area contributed by atoms with E-state index in [1.54, 1.807) is 4.90 Å². The Bertz CT molecular complexity index is 859. The summed E-state index contributed by atoms with van der Waals surface area (Å²) in [4.78, 5) is 16.9. The summed E-state index contributed by atoms with van der Waals surface area (Å²) in [6.07, 6.45) is 3.55. The van der Waals surface area contributed by atoms with Crippen molar-refractivity contribution in [1.82, 2.24) is 4.90 Å². The Morgan fingerprint density at radius 1 is 1.21 bits per heavy atom. The maximum Gasteiger partial charge on any atom is 0.195 e. The van der Waals surface area contributed by atoms with Crippen LogP contribution in [0.1, 0.15) is 18.9 Å². The van der Waals surface area contributed by atoms with E-state index in [9.17, 15) is 4.79 Å². The zero-order valence-electron chi connectivity index (χ0n) is 16.5. The van der Waals surface area contributed by atoms with Gasteiger partial charge in [-0.15, -0.1) is 0 Å². The van der Waals surface area contributed by atoms with Crippen molar-refractivity contribution < 1.29 is 9.53 Å². The highest BCUT2D eigenvalue weighted by atomic mass is 35.5. The van der Waals surface area contributed by atoms with Gasteiger partial charge in [-0.25, -0.2) is 4.99 Å². The molecule has 5 nitrogen and oxygen atoms in total. The van der Waals surface area contributed by atoms with E-state index in [1.165, 1.54) is 6.08 Å². The van der Waals surface area contributed by atoms with Crippen LogP contribution in [-0.4, -0.2) is 37.8 Å². The Kier molecular flexibility index (Phi) is 8.08. The van der Waals surface area contributed by atoms with Crippen LogP contribution in [0.15, 0.2) is 59.2 Å². The minimum absolute atomic E-state index is 0.368. The van der Waals surface area contributed by atoms with Gasteiger partial charge in [0, 0.05) is 30.4 Å². The van der Waals surface area contributed by atoms with E-state index < -0.39 is 0 Å². The number of aldehydes is 1. The quantitative estimate of drug-likeness (QED) is 0.311. The molecule has 0 saturated heterocycles. The molecule has 0 radical (unpaired) electrons. The van der Waals surface area contributed by atoms with E-state index in [1.807, 2.05) is 51.4 Å². The van der Waals surface area contributed by atoms with E-state index in [-0.39, 0.29) is 0 Å². The molecule has 6 heteroatoms. The highest BCUT2D eigenvalue weighted by molar-refractivity contribution is 6.33. The van der Waals surface area contributed by atoms with Gasteiger partial charge < -0.3 is 15.4 Å². The SMILES string of the molecule is CCOc1ccc(Cl)c(-c2ccc(CC/C(=C/C=O)N=C(N)N(C)C)cc2)c1. The fourth-order valence-electron chi connectivity index (χ4n) is 2.61. The molecule has 0 saturated carbocycles. The monoisotopic (exact) mass is 399 g/mol. The van der Waals surface area contributed by atoms with Crippen LogP contribution < -0.4 is 10.5 Å². The van der Waals surface area contributed by atoms with Crippen LogP contribution in [0.4, 0.5) is 0 Å². The van der Waals surface area contributed by atoms with E-state index in [2.05, 4.69) is 17.1 Å². The zero-order valence-corrected chi connectivity index (χ0v) is 17.2. The number of aryl methyl sites for hydroxylation is 1. The topological polar surface area (TPSA) is 67.9 Å². The van der Waals surface area contributed by atoms with Gasteiger partial charge in [0.05, 0.1) is 6.61 Å². The zero-order chi connectivity index (χ0) is 20.5. The number of nitrogens with two attached hydrogens (primary N) is 1. The molecule has 0 bridgehead atoms. The molecule has 0 aliphatic carbocycles. The number of nitrogens with zero attached hydrogens (tertiary/aromatic N) is 2. The first kappa shape index (κ1) is 21.5. The lowest BCUT2D eigenvalue weighted by atomic mass is 10.0. The number of rotatable bonds is 8. The molecule has 148 valence electrons. The highest BCUT2D eigenvalue weighted by Crippen LogP contribution is 2.31. The van der Waals surface area contributed by atoms with Crippen molar-refractivity contribution in [2.75, 3.05) is 20.7 Å². The fraction of sp³-hybridized carbons (Fsp3) is 0.273. The van der Waals surface area contributed by atoms with Crippen LogP contribution in [0.5, 0.6) is 5.75 Å². The Hall–Kier alpha value is -2.79. The summed E-state index contributed by atoms with van der Waals surface area (Å²) in [6, 6.07) is 13.8. The second kappa shape index (κ2) is 10.5. The summed E-state index contributed by atoms with van der Waals surface area (Å²) >= 11 is 6.36. The first-order chi connectivity index (χ1) is 13.4. The molecular formula is C22H26ClN3O2. The molecule has 2 aromatic rings. The number of guanidine groups is 1. The van der Waals surface area contributed by atoms with Crippen molar-refractivity contribution in [1.29, 1.82) is 0 Å². The van der Waals surface area contributed by atoms with Gasteiger partial charge in [0.15, 0.2) is 5.96 Å². The molecule has 0 amide bonds. The number of allylic oxidation sites excluding steroid dienone is 2. The predicted molar refractivity (Wildman–Crippen MR) is 116 cm³/mol. The number of carbonyl (C=O) groups is 1. The van der Waals surface area contributed by atoms with Gasteiger partial charge in [0.2, 0.25) is 0 Å². The van der Waals surface area contributed by atoms with Crippen molar-refractivity contribution in [2.24, 2.45) is 10.7 Å². The average molecular weight is 400 g/mol. The lowest BCUT2D eigenvalue weighted by Gasteiger charge is -2.12. The van der Waals surface area contributed by atoms with Gasteiger partial charge in [0.1, 0.15) is 12.0 Å². The van der Waals surface area contributed by atoms with Crippen LogP contribution in [-0.2, 0) is 11.2 Å². The third kappa shape index (κ3) is 6.13. The minimum atomic E-state index is 0.368. The third-order valence-corrected chi connectivity index (χ3v) is 4.49. The van der Waals surface area contributed by atoms with E-state index in [0.717, 1.165) is 35.1 Å². The number of carbonyl (C=O) groups excluding carboxylic acids is 1. The highest BCUT2D eigenvalue weighted by Gasteiger charge is 2.07. The lowest BCUT2D eigenvalue weighted by molar-refractivity contribution is -0.104. The van der Waals surface area contributed by atoms with Gasteiger partial charge in [-0.3, -0.25) is 4.79 Å². The van der Waals surface area contributed by atoms with Gasteiger partial charge in [-0.2, -0.15) is 0 Å². The Labute approximate surface area is 171 Å². The first-order valence-corrected chi connectivity index (χ1v) is 9.49. The Morgan fingerprint density at radius 3 is 2.54 bits per heavy atom. The van der Waals surface area contributed by atoms with E-state index in [4.69, 9.17) is 22.1 Å². The molecule has 2 aromatic carbocycles. The largest absolute Gasteiger partial charge is 0.494 e. The number of hydrogen-bond donors (Lipinski definition) is 1. The number of aliphatic imine (C=N–C) groups is 1. The van der Waals surface area contributed by atoms with Crippen LogP contribution >= 0.6 is 11.6 Å². The van der Waals surface area contributed by atoms with Gasteiger partial charge in [-0.1, -0.05) is 35.9 Å². The summed E-state index contributed by atoms with van der Waals surface area (Å²) in [5.74, 6) is 1.17. The van der Waals surface area contributed by atoms with Crippen molar-refractivity contribution in [2.45, 2.75) is 19.8 Å². The molecule has 0 aliphatic rings. The van der Waals surface area contributed by atoms with Crippen molar-refractivity contribution in [3.63, 3.8) is 0 Å². The van der Waals surface area contributed by atoms with E-state index >= 15 is 0 Å². The normalized spacial score (nSPS) is 12.0. The second-order valence-corrected chi connectivity index (χ2v) is 6.84. The summed E-state index contributed by atoms with van der Waals surface area (Å²) in [7, 11) is 3.61. The predicted octanol–water partition coefficient (Wildman–Crippen LogP) is 4.30. The molecule has 28 heavy (non-hydrogen) atoms. The maximum absolute atomic E-state index is 10.9. The van der Waals surface area contributed by atoms with Crippen LogP contribution in [0.25, 0.3) is 11.1 Å². The molecule has 0 atom stereocenters. The average Bonchev–Trinajstić information content (AvgIpc) is 2.68. The Balaban J connectivity index is 2.12. The molecule has 0 fully saturated rings. The van der Waals surface area contributed by atoms with Crippen molar-refractivity contribution >= 4 is 23.8 Å². The molecule has 0 aliphatic heterocycles. The van der Waals surface area contributed by atoms with E-state index in [0.29, 0.717) is 29.7 Å². The first-order valence-electron chi connectivity index (χ1n) is 9.12. The molecule has 2 N–H and O–H groups in total. The number of benzene rings is 2. The van der Waals surface area contributed by atoms with Gasteiger partial charge in [-0.05, 0) is 55.2 Å². The third-order valence-electron chi connectivity index (χ3n) is 4.16. The molecule has 0 unspecified atom stereocenters. The number of hydrogen-bond acceptors (Lipinski definition) is 3. The van der Waals surface area contributed by atoms with Crippen LogP contribution in [0.2, 0.25) is 5.02 Å². The molecule has 2 rings (SSSR count). The Morgan fingerprint density at radius 2 is 1.93 bits per heavy atom. The van der Waals surface area contributed by atoms with Crippen molar-refractivity contribution in [3.8, 4) is 16.9 Å². The smallest absolute Gasteiger partial charge is 0.195 e. The minimum Gasteiger partial charge on any atom is -0.494 e. The summed E-state index contributed by atoms with van der Waals surface area (Å²) in [5.41, 5.74) is 9.59. The molecular weight excluding hydrogens is 374 g/mol. The van der Waals surface area contributed by atoms with Crippen LogP contribution in [0, 0.1) is 0 Å². The summed E-state index contributed by atoms with van der Waals surface area (Å²) in [6.45, 7) is 2.56. The lowest BCUT2D eigenvalue weighted by Crippen LogP contribution is -2.30. The second-order valence-electron chi connectivity index (χ2n) is 6.43. The molecule has 0 heterocycles. The fourth-order valence-corrected chi connectivity index (χ4v) is 2.83. The number of halogens is 1. The number of ether oxygens (including phenoxy) is 1. The maximum atomic E-state index is 10.9. The molecule has 0 spiro atoms. The summed E-state index contributed by atoms with van der Waals surface area (Å²) in [5, 5.41) is 0.681. The van der Waals surface area contributed by atoms with Gasteiger partial charge >= 0.3 is 0 Å².